The van der Waals surface area contributed by atoms with Gasteiger partial charge in [-0.15, -0.1) is 0 Å². The fourth-order valence-corrected chi connectivity index (χ4v) is 4.45. The van der Waals surface area contributed by atoms with Crippen molar-refractivity contribution in [3.05, 3.63) is 89.0 Å². The van der Waals surface area contributed by atoms with Crippen molar-refractivity contribution in [2.24, 2.45) is 0 Å². The van der Waals surface area contributed by atoms with Crippen molar-refractivity contribution in [2.45, 2.75) is 57.3 Å². The van der Waals surface area contributed by atoms with Crippen molar-refractivity contribution >= 4 is 28.5 Å². The first kappa shape index (κ1) is 24.6. The summed E-state index contributed by atoms with van der Waals surface area (Å²) in [7, 11) is 0. The first-order valence-corrected chi connectivity index (χ1v) is 11.9. The topological polar surface area (TPSA) is 66.4 Å². The number of carbonyl (C=O) groups excluding carboxylic acids is 2. The molecule has 0 heterocycles. The monoisotopic (exact) mass is 461 g/mol. The average molecular weight is 462 g/mol. The molecular weight excluding hydrogens is 430 g/mol. The van der Waals surface area contributed by atoms with Gasteiger partial charge in [0.15, 0.2) is 5.12 Å². The van der Waals surface area contributed by atoms with Crippen LogP contribution < -0.4 is 5.32 Å². The van der Waals surface area contributed by atoms with E-state index in [2.05, 4.69) is 17.4 Å². The number of hydrogen-bond acceptors (Lipinski definition) is 4. The molecule has 0 spiro atoms. The van der Waals surface area contributed by atoms with Gasteiger partial charge in [0.25, 0.3) is 0 Å². The Labute approximate surface area is 200 Å². The van der Waals surface area contributed by atoms with Crippen LogP contribution in [0.4, 0.5) is 5.69 Å². The van der Waals surface area contributed by atoms with Crippen LogP contribution in [0.15, 0.2) is 71.6 Å². The van der Waals surface area contributed by atoms with Crippen LogP contribution in [0.25, 0.3) is 0 Å². The first-order valence-electron chi connectivity index (χ1n) is 11.1. The second-order valence-corrected chi connectivity index (χ2v) is 10.4. The van der Waals surface area contributed by atoms with Gasteiger partial charge in [-0.1, -0.05) is 69.3 Å². The van der Waals surface area contributed by atoms with Crippen LogP contribution in [0.3, 0.4) is 0 Å². The van der Waals surface area contributed by atoms with Crippen LogP contribution in [0.2, 0.25) is 0 Å². The average Bonchev–Trinajstić information content (AvgIpc) is 2.76. The first-order chi connectivity index (χ1) is 15.6. The van der Waals surface area contributed by atoms with Gasteiger partial charge in [-0.25, -0.2) is 0 Å². The molecule has 5 heteroatoms. The highest BCUT2D eigenvalue weighted by Gasteiger charge is 2.22. The number of amides is 1. The van der Waals surface area contributed by atoms with E-state index in [1.165, 1.54) is 11.1 Å². The Balaban J connectivity index is 1.52. The van der Waals surface area contributed by atoms with Gasteiger partial charge >= 0.3 is 0 Å². The largest absolute Gasteiger partial charge is 0.506 e. The maximum atomic E-state index is 12.5. The van der Waals surface area contributed by atoms with Crippen molar-refractivity contribution in [3.63, 3.8) is 0 Å². The zero-order chi connectivity index (χ0) is 24.0. The van der Waals surface area contributed by atoms with Crippen LogP contribution in [-0.4, -0.2) is 16.1 Å². The summed E-state index contributed by atoms with van der Waals surface area (Å²) in [4.78, 5) is 25.4. The third-order valence-electron chi connectivity index (χ3n) is 5.30. The number of anilines is 1. The molecule has 4 nitrogen and oxygen atoms in total. The quantitative estimate of drug-likeness (QED) is 0.388. The molecule has 1 amide bonds. The molecule has 3 aromatic rings. The minimum Gasteiger partial charge on any atom is -0.506 e. The van der Waals surface area contributed by atoms with Crippen LogP contribution in [-0.2, 0) is 21.4 Å². The molecule has 0 aliphatic rings. The highest BCUT2D eigenvalue weighted by Crippen LogP contribution is 2.39. The van der Waals surface area contributed by atoms with Crippen molar-refractivity contribution < 1.29 is 14.7 Å². The predicted octanol–water partition coefficient (Wildman–Crippen LogP) is 6.63. The normalized spacial score (nSPS) is 11.3. The van der Waals surface area contributed by atoms with E-state index in [0.717, 1.165) is 29.3 Å². The van der Waals surface area contributed by atoms with E-state index >= 15 is 0 Å². The maximum absolute atomic E-state index is 12.5. The molecule has 3 aromatic carbocycles. The molecule has 0 saturated heterocycles. The second kappa shape index (κ2) is 10.7. The fraction of sp³-hybridized carbons (Fsp3) is 0.286. The molecule has 0 aliphatic carbocycles. The molecule has 0 fully saturated rings. The molecule has 0 aliphatic heterocycles. The number of aryl methyl sites for hydroxylation is 1. The third-order valence-corrected chi connectivity index (χ3v) is 6.26. The van der Waals surface area contributed by atoms with Gasteiger partial charge in [-0.05, 0) is 65.4 Å². The highest BCUT2D eigenvalue weighted by atomic mass is 32.2. The minimum atomic E-state index is -0.231. The number of benzene rings is 3. The van der Waals surface area contributed by atoms with Gasteiger partial charge < -0.3 is 10.4 Å². The number of thioether (sulfide) groups is 1. The van der Waals surface area contributed by atoms with Crippen LogP contribution in [0.1, 0.15) is 55.9 Å². The van der Waals surface area contributed by atoms with Gasteiger partial charge in [-0.2, -0.15) is 0 Å². The molecule has 0 saturated carbocycles. The Morgan fingerprint density at radius 1 is 0.909 bits per heavy atom. The lowest BCUT2D eigenvalue weighted by atomic mass is 9.85. The second-order valence-electron chi connectivity index (χ2n) is 9.29. The molecule has 0 radical (unpaired) electrons. The molecule has 0 aromatic heterocycles. The van der Waals surface area contributed by atoms with Crippen molar-refractivity contribution in [2.75, 3.05) is 5.32 Å². The Bertz CT molecular complexity index is 1120. The number of phenolic OH excluding ortho intramolecular Hbond substituents is 1. The summed E-state index contributed by atoms with van der Waals surface area (Å²) in [6.07, 6.45) is 1.03. The number of aromatic hydroxyl groups is 1. The van der Waals surface area contributed by atoms with Crippen LogP contribution >= 0.6 is 11.8 Å². The molecule has 0 unspecified atom stereocenters. The summed E-state index contributed by atoms with van der Waals surface area (Å²) in [6, 6.07) is 21.7. The van der Waals surface area contributed by atoms with E-state index in [0.29, 0.717) is 10.6 Å². The van der Waals surface area contributed by atoms with Gasteiger partial charge in [0.1, 0.15) is 5.75 Å². The number of nitrogens with one attached hydrogen (secondary N) is 1. The summed E-state index contributed by atoms with van der Waals surface area (Å²) < 4.78 is 0. The summed E-state index contributed by atoms with van der Waals surface area (Å²) in [5, 5.41) is 13.3. The van der Waals surface area contributed by atoms with Gasteiger partial charge in [0, 0.05) is 24.1 Å². The third kappa shape index (κ3) is 7.22. The Morgan fingerprint density at radius 3 is 2.18 bits per heavy atom. The number of hydrogen-bond donors (Lipinski definition) is 2. The minimum absolute atomic E-state index is 0.0936. The van der Waals surface area contributed by atoms with E-state index in [9.17, 15) is 14.7 Å². The van der Waals surface area contributed by atoms with E-state index in [1.807, 2.05) is 82.3 Å². The summed E-state index contributed by atoms with van der Waals surface area (Å²) in [5.41, 5.74) is 4.68. The number of carbonyl (C=O) groups is 2. The summed E-state index contributed by atoms with van der Waals surface area (Å²) >= 11 is 0.997. The van der Waals surface area contributed by atoms with Crippen molar-refractivity contribution in [1.82, 2.24) is 0 Å². The van der Waals surface area contributed by atoms with Gasteiger partial charge in [0.2, 0.25) is 5.91 Å². The molecular formula is C28H31NO3S. The van der Waals surface area contributed by atoms with Crippen LogP contribution in [0.5, 0.6) is 5.75 Å². The van der Waals surface area contributed by atoms with Crippen molar-refractivity contribution in [3.8, 4) is 5.75 Å². The lowest BCUT2D eigenvalue weighted by molar-refractivity contribution is -0.119. The SMILES string of the molecule is Cc1cc(SC(=O)CCC(=O)Nc2ccc(Cc3ccccc3)cc2)c(O)c(C(C)(C)C)c1. The van der Waals surface area contributed by atoms with Gasteiger partial charge in [-0.3, -0.25) is 9.59 Å². The number of rotatable bonds is 7. The standard InChI is InChI=1S/C28H31NO3S/c1-19-16-23(28(2,3)4)27(32)24(17-19)33-26(31)15-14-25(30)29-22-12-10-21(11-13-22)18-20-8-6-5-7-9-20/h5-13,16-17,32H,14-15,18H2,1-4H3,(H,29,30). The predicted molar refractivity (Wildman–Crippen MR) is 136 cm³/mol. The highest BCUT2D eigenvalue weighted by molar-refractivity contribution is 8.13. The lowest BCUT2D eigenvalue weighted by Gasteiger charge is -2.22. The Hall–Kier alpha value is -3.05. The lowest BCUT2D eigenvalue weighted by Crippen LogP contribution is -2.13. The molecule has 2 N–H and O–H groups in total. The molecule has 0 bridgehead atoms. The zero-order valence-corrected chi connectivity index (χ0v) is 20.5. The molecule has 172 valence electrons. The summed E-state index contributed by atoms with van der Waals surface area (Å²) in [6.45, 7) is 8.02. The molecule has 0 atom stereocenters. The van der Waals surface area contributed by atoms with Crippen LogP contribution in [0, 0.1) is 6.92 Å². The summed E-state index contributed by atoms with van der Waals surface area (Å²) in [5.74, 6) is -0.0601. The molecule has 3 rings (SSSR count). The smallest absolute Gasteiger partial charge is 0.224 e. The van der Waals surface area contributed by atoms with Crippen molar-refractivity contribution in [1.29, 1.82) is 0 Å². The Morgan fingerprint density at radius 2 is 1.55 bits per heavy atom. The number of phenols is 1. The Kier molecular flexibility index (Phi) is 7.98. The van der Waals surface area contributed by atoms with E-state index in [4.69, 9.17) is 0 Å². The van der Waals surface area contributed by atoms with E-state index in [1.54, 1.807) is 0 Å². The fourth-order valence-electron chi connectivity index (χ4n) is 3.55. The van der Waals surface area contributed by atoms with E-state index < -0.39 is 0 Å². The maximum Gasteiger partial charge on any atom is 0.224 e. The zero-order valence-electron chi connectivity index (χ0n) is 19.6. The van der Waals surface area contributed by atoms with Gasteiger partial charge in [0.05, 0.1) is 4.90 Å². The molecule has 33 heavy (non-hydrogen) atoms. The van der Waals surface area contributed by atoms with E-state index in [-0.39, 0.29) is 35.0 Å².